The number of amides is 3. The number of urea groups is 1. The zero-order valence-corrected chi connectivity index (χ0v) is 16.2. The van der Waals surface area contributed by atoms with Crippen LogP contribution in [-0.2, 0) is 13.1 Å². The van der Waals surface area contributed by atoms with Crippen LogP contribution in [0, 0.1) is 0 Å². The second-order valence-corrected chi connectivity index (χ2v) is 6.53. The van der Waals surface area contributed by atoms with E-state index in [9.17, 15) is 9.59 Å². The number of anilines is 1. The molecule has 3 amide bonds. The number of nitrogens with one attached hydrogen (secondary N) is 2. The van der Waals surface area contributed by atoms with Crippen LogP contribution in [0.5, 0.6) is 5.75 Å². The van der Waals surface area contributed by atoms with E-state index in [1.807, 2.05) is 60.7 Å². The molecule has 3 aromatic rings. The number of hydrogen-bond acceptors (Lipinski definition) is 3. The summed E-state index contributed by atoms with van der Waals surface area (Å²) in [5.74, 6) is 0.346. The second kappa shape index (κ2) is 9.94. The molecule has 0 heterocycles. The van der Waals surface area contributed by atoms with Gasteiger partial charge in [0, 0.05) is 31.9 Å². The van der Waals surface area contributed by atoms with Gasteiger partial charge in [0.1, 0.15) is 5.75 Å². The lowest BCUT2D eigenvalue weighted by Crippen LogP contribution is -2.30. The fraction of sp³-hybridized carbons (Fsp3) is 0.130. The van der Waals surface area contributed by atoms with Gasteiger partial charge in [0.2, 0.25) is 0 Å². The Morgan fingerprint density at radius 2 is 1.52 bits per heavy atom. The number of hydrogen-bond donors (Lipinski definition) is 2. The van der Waals surface area contributed by atoms with Gasteiger partial charge in [0.05, 0.1) is 0 Å². The van der Waals surface area contributed by atoms with Crippen LogP contribution in [0.15, 0.2) is 84.9 Å². The molecule has 0 bridgehead atoms. The zero-order valence-electron chi connectivity index (χ0n) is 16.2. The van der Waals surface area contributed by atoms with Crippen LogP contribution < -0.4 is 15.4 Å². The van der Waals surface area contributed by atoms with E-state index < -0.39 is 6.09 Å². The lowest BCUT2D eigenvalue weighted by molar-refractivity contribution is 0.200. The third-order valence-electron chi connectivity index (χ3n) is 4.18. The largest absolute Gasteiger partial charge is 0.412 e. The van der Waals surface area contributed by atoms with E-state index in [0.717, 1.165) is 11.1 Å². The lowest BCUT2D eigenvalue weighted by Gasteiger charge is -2.18. The first kappa shape index (κ1) is 19.9. The number of nitrogens with zero attached hydrogens (tertiary/aromatic N) is 1. The van der Waals surface area contributed by atoms with Crippen LogP contribution in [0.1, 0.15) is 11.1 Å². The van der Waals surface area contributed by atoms with Crippen LogP contribution >= 0.6 is 0 Å². The van der Waals surface area contributed by atoms with Crippen LogP contribution in [0.4, 0.5) is 15.3 Å². The highest BCUT2D eigenvalue weighted by Crippen LogP contribution is 2.18. The minimum Gasteiger partial charge on any atom is -0.410 e. The van der Waals surface area contributed by atoms with E-state index in [4.69, 9.17) is 4.74 Å². The molecule has 0 saturated heterocycles. The number of carbonyl (C=O) groups is 2. The van der Waals surface area contributed by atoms with E-state index >= 15 is 0 Å². The Labute approximate surface area is 170 Å². The zero-order chi connectivity index (χ0) is 20.5. The average Bonchev–Trinajstić information content (AvgIpc) is 2.74. The molecule has 0 fully saturated rings. The monoisotopic (exact) mass is 389 g/mol. The first-order valence-corrected chi connectivity index (χ1v) is 9.26. The van der Waals surface area contributed by atoms with Crippen LogP contribution in [0.25, 0.3) is 0 Å². The summed E-state index contributed by atoms with van der Waals surface area (Å²) in [6.07, 6.45) is -0.557. The molecule has 29 heavy (non-hydrogen) atoms. The summed E-state index contributed by atoms with van der Waals surface area (Å²) in [7, 11) is 1.72. The van der Waals surface area contributed by atoms with Crippen molar-refractivity contribution in [3.63, 3.8) is 0 Å². The summed E-state index contributed by atoms with van der Waals surface area (Å²) in [6, 6.07) is 25.8. The second-order valence-electron chi connectivity index (χ2n) is 6.53. The van der Waals surface area contributed by atoms with Crippen molar-refractivity contribution < 1.29 is 14.3 Å². The van der Waals surface area contributed by atoms with Crippen molar-refractivity contribution in [3.05, 3.63) is 96.1 Å². The third kappa shape index (κ3) is 6.39. The van der Waals surface area contributed by atoms with Crippen molar-refractivity contribution in [1.29, 1.82) is 0 Å². The van der Waals surface area contributed by atoms with Crippen molar-refractivity contribution in [2.45, 2.75) is 13.1 Å². The van der Waals surface area contributed by atoms with E-state index in [1.165, 1.54) is 0 Å². The molecule has 0 aliphatic rings. The Kier molecular flexibility index (Phi) is 6.84. The van der Waals surface area contributed by atoms with Gasteiger partial charge in [-0.1, -0.05) is 66.7 Å². The quantitative estimate of drug-likeness (QED) is 0.645. The van der Waals surface area contributed by atoms with Crippen molar-refractivity contribution in [2.75, 3.05) is 12.4 Å². The summed E-state index contributed by atoms with van der Waals surface area (Å²) in [5.41, 5.74) is 2.56. The molecule has 0 aliphatic heterocycles. The molecular weight excluding hydrogens is 366 g/mol. The van der Waals surface area contributed by atoms with Gasteiger partial charge in [-0.2, -0.15) is 0 Å². The molecule has 0 saturated carbocycles. The minimum absolute atomic E-state index is 0.250. The normalized spacial score (nSPS) is 10.1. The Balaban J connectivity index is 1.52. The molecule has 0 atom stereocenters. The summed E-state index contributed by atoms with van der Waals surface area (Å²) in [6.45, 7) is 0.866. The van der Waals surface area contributed by atoms with E-state index in [0.29, 0.717) is 24.5 Å². The molecule has 0 aromatic heterocycles. The summed E-state index contributed by atoms with van der Waals surface area (Å²) in [5, 5.41) is 5.51. The first-order chi connectivity index (χ1) is 14.1. The highest BCUT2D eigenvalue weighted by molar-refractivity contribution is 5.89. The number of ether oxygens (including phenoxy) is 1. The lowest BCUT2D eigenvalue weighted by atomic mass is 10.2. The first-order valence-electron chi connectivity index (χ1n) is 9.26. The minimum atomic E-state index is -0.557. The maximum absolute atomic E-state index is 12.4. The van der Waals surface area contributed by atoms with Crippen LogP contribution in [0.3, 0.4) is 0 Å². The molecule has 6 heteroatoms. The standard InChI is InChI=1S/C23H23N3O3/c1-26(17-19-11-6-3-7-12-19)22(27)25-20-13-8-14-21(15-20)29-23(28)24-16-18-9-4-2-5-10-18/h2-15H,16-17H2,1H3,(H,24,28)(H,25,27). The van der Waals surface area contributed by atoms with Crippen molar-refractivity contribution in [1.82, 2.24) is 10.2 Å². The Morgan fingerprint density at radius 1 is 0.862 bits per heavy atom. The predicted molar refractivity (Wildman–Crippen MR) is 113 cm³/mol. The van der Waals surface area contributed by atoms with Crippen molar-refractivity contribution in [3.8, 4) is 5.75 Å². The topological polar surface area (TPSA) is 70.7 Å². The third-order valence-corrected chi connectivity index (χ3v) is 4.18. The highest BCUT2D eigenvalue weighted by atomic mass is 16.6. The molecular formula is C23H23N3O3. The van der Waals surface area contributed by atoms with Crippen LogP contribution in [-0.4, -0.2) is 24.1 Å². The molecule has 0 aliphatic carbocycles. The maximum Gasteiger partial charge on any atom is 0.412 e. The summed E-state index contributed by atoms with van der Waals surface area (Å²) in [4.78, 5) is 26.0. The van der Waals surface area contributed by atoms with Gasteiger partial charge in [0.15, 0.2) is 0 Å². The van der Waals surface area contributed by atoms with E-state index in [2.05, 4.69) is 10.6 Å². The van der Waals surface area contributed by atoms with E-state index in [1.54, 1.807) is 36.2 Å². The fourth-order valence-electron chi connectivity index (χ4n) is 2.70. The molecule has 0 radical (unpaired) electrons. The molecule has 148 valence electrons. The van der Waals surface area contributed by atoms with E-state index in [-0.39, 0.29) is 6.03 Å². The SMILES string of the molecule is CN(Cc1ccccc1)C(=O)Nc1cccc(OC(=O)NCc2ccccc2)c1. The summed E-state index contributed by atoms with van der Waals surface area (Å²) >= 11 is 0. The Morgan fingerprint density at radius 3 is 2.21 bits per heavy atom. The molecule has 6 nitrogen and oxygen atoms in total. The Hall–Kier alpha value is -3.80. The fourth-order valence-corrected chi connectivity index (χ4v) is 2.70. The molecule has 0 unspecified atom stereocenters. The maximum atomic E-state index is 12.4. The number of benzene rings is 3. The van der Waals surface area contributed by atoms with Gasteiger partial charge in [0.25, 0.3) is 0 Å². The van der Waals surface area contributed by atoms with Gasteiger partial charge < -0.3 is 20.3 Å². The van der Waals surface area contributed by atoms with Crippen LogP contribution in [0.2, 0.25) is 0 Å². The smallest absolute Gasteiger partial charge is 0.410 e. The van der Waals surface area contributed by atoms with Crippen molar-refractivity contribution in [2.24, 2.45) is 0 Å². The molecule has 3 aromatic carbocycles. The molecule has 3 rings (SSSR count). The highest BCUT2D eigenvalue weighted by Gasteiger charge is 2.11. The summed E-state index contributed by atoms with van der Waals surface area (Å²) < 4.78 is 5.30. The Bertz CT molecular complexity index is 946. The van der Waals surface area contributed by atoms with Gasteiger partial charge in [-0.15, -0.1) is 0 Å². The van der Waals surface area contributed by atoms with Gasteiger partial charge in [-0.3, -0.25) is 0 Å². The molecule has 0 spiro atoms. The number of carbonyl (C=O) groups excluding carboxylic acids is 2. The van der Waals surface area contributed by atoms with Crippen molar-refractivity contribution >= 4 is 17.8 Å². The van der Waals surface area contributed by atoms with Gasteiger partial charge >= 0.3 is 12.1 Å². The van der Waals surface area contributed by atoms with Gasteiger partial charge in [-0.05, 0) is 23.3 Å². The van der Waals surface area contributed by atoms with Gasteiger partial charge in [-0.25, -0.2) is 9.59 Å². The predicted octanol–water partition coefficient (Wildman–Crippen LogP) is 4.64. The molecule has 2 N–H and O–H groups in total. The average molecular weight is 389 g/mol. The number of rotatable bonds is 6.